The van der Waals surface area contributed by atoms with Gasteiger partial charge in [0.05, 0.1) is 12.7 Å². The molecule has 25 heavy (non-hydrogen) atoms. The average molecular weight is 341 g/mol. The molecule has 1 aromatic carbocycles. The van der Waals surface area contributed by atoms with Crippen molar-refractivity contribution < 1.29 is 19.4 Å². The molecule has 1 aromatic heterocycles. The second-order valence-corrected chi connectivity index (χ2v) is 5.66. The molecule has 130 valence electrons. The molecule has 2 aromatic rings. The SMILES string of the molecule is COc1ccccc1C(=O)N1CCN(c2ncccc2C(=O)O)CC1. The topological polar surface area (TPSA) is 83.0 Å². The second-order valence-electron chi connectivity index (χ2n) is 5.66. The second kappa shape index (κ2) is 7.21. The highest BCUT2D eigenvalue weighted by atomic mass is 16.5. The van der Waals surface area contributed by atoms with Crippen molar-refractivity contribution in [2.75, 3.05) is 38.2 Å². The number of carbonyl (C=O) groups excluding carboxylic acids is 1. The molecule has 0 spiro atoms. The lowest BCUT2D eigenvalue weighted by molar-refractivity contribution is 0.0692. The Morgan fingerprint density at radius 3 is 2.40 bits per heavy atom. The number of anilines is 1. The number of carboxylic acids is 1. The molecule has 1 aliphatic heterocycles. The molecular weight excluding hydrogens is 322 g/mol. The zero-order valence-electron chi connectivity index (χ0n) is 13.9. The molecule has 0 aliphatic carbocycles. The van der Waals surface area contributed by atoms with Crippen LogP contribution in [0.5, 0.6) is 5.75 Å². The molecule has 2 heterocycles. The van der Waals surface area contributed by atoms with Crippen LogP contribution in [0.25, 0.3) is 0 Å². The number of aromatic carboxylic acids is 1. The Balaban J connectivity index is 1.72. The maximum atomic E-state index is 12.7. The molecule has 0 radical (unpaired) electrons. The van der Waals surface area contributed by atoms with Crippen LogP contribution >= 0.6 is 0 Å². The third-order valence-corrected chi connectivity index (χ3v) is 4.22. The Bertz CT molecular complexity index is 785. The van der Waals surface area contributed by atoms with Crippen LogP contribution in [0.2, 0.25) is 0 Å². The van der Waals surface area contributed by atoms with Gasteiger partial charge in [-0.3, -0.25) is 4.79 Å². The maximum absolute atomic E-state index is 12.7. The summed E-state index contributed by atoms with van der Waals surface area (Å²) in [6.07, 6.45) is 1.58. The molecule has 0 bridgehead atoms. The minimum absolute atomic E-state index is 0.0865. The highest BCUT2D eigenvalue weighted by Gasteiger charge is 2.26. The standard InChI is InChI=1S/C18H19N3O4/c1-25-15-7-3-2-5-13(15)17(22)21-11-9-20(10-12-21)16-14(18(23)24)6-4-8-19-16/h2-8H,9-12H2,1H3,(H,23,24). The van der Waals surface area contributed by atoms with E-state index in [4.69, 9.17) is 4.74 Å². The molecule has 0 unspecified atom stereocenters. The van der Waals surface area contributed by atoms with Crippen molar-refractivity contribution in [1.29, 1.82) is 0 Å². The monoisotopic (exact) mass is 341 g/mol. The minimum atomic E-state index is -1.00. The number of methoxy groups -OCH3 is 1. The number of hydrogen-bond donors (Lipinski definition) is 1. The van der Waals surface area contributed by atoms with Crippen LogP contribution in [0, 0.1) is 0 Å². The van der Waals surface area contributed by atoms with E-state index in [2.05, 4.69) is 4.98 Å². The van der Waals surface area contributed by atoms with Crippen LogP contribution in [0.1, 0.15) is 20.7 Å². The van der Waals surface area contributed by atoms with Crippen LogP contribution in [0.3, 0.4) is 0 Å². The number of carbonyl (C=O) groups is 2. The molecule has 1 fully saturated rings. The predicted octanol–water partition coefficient (Wildman–Crippen LogP) is 1.75. The Kier molecular flexibility index (Phi) is 4.83. The Hall–Kier alpha value is -3.09. The van der Waals surface area contributed by atoms with Crippen molar-refractivity contribution in [2.45, 2.75) is 0 Å². The lowest BCUT2D eigenvalue weighted by atomic mass is 10.1. The lowest BCUT2D eigenvalue weighted by Gasteiger charge is -2.36. The van der Waals surface area contributed by atoms with Gasteiger partial charge >= 0.3 is 5.97 Å². The van der Waals surface area contributed by atoms with Gasteiger partial charge in [0.25, 0.3) is 5.91 Å². The van der Waals surface area contributed by atoms with E-state index in [9.17, 15) is 14.7 Å². The van der Waals surface area contributed by atoms with Gasteiger partial charge in [0.15, 0.2) is 0 Å². The smallest absolute Gasteiger partial charge is 0.339 e. The van der Waals surface area contributed by atoms with Gasteiger partial charge < -0.3 is 19.6 Å². The first-order chi connectivity index (χ1) is 12.1. The van der Waals surface area contributed by atoms with Gasteiger partial charge in [-0.1, -0.05) is 12.1 Å². The van der Waals surface area contributed by atoms with Crippen molar-refractivity contribution in [2.24, 2.45) is 0 Å². The summed E-state index contributed by atoms with van der Waals surface area (Å²) in [5.74, 6) is -0.0978. The lowest BCUT2D eigenvalue weighted by Crippen LogP contribution is -2.49. The Morgan fingerprint density at radius 2 is 1.72 bits per heavy atom. The number of nitrogens with zero attached hydrogens (tertiary/aromatic N) is 3. The molecule has 7 heteroatoms. The average Bonchev–Trinajstić information content (AvgIpc) is 2.67. The van der Waals surface area contributed by atoms with Gasteiger partial charge in [-0.2, -0.15) is 0 Å². The van der Waals surface area contributed by atoms with Crippen molar-refractivity contribution in [3.8, 4) is 5.75 Å². The predicted molar refractivity (Wildman–Crippen MR) is 92.3 cm³/mol. The first-order valence-corrected chi connectivity index (χ1v) is 7.97. The number of ether oxygens (including phenoxy) is 1. The Morgan fingerprint density at radius 1 is 1.04 bits per heavy atom. The summed E-state index contributed by atoms with van der Waals surface area (Å²) in [5, 5.41) is 9.30. The van der Waals surface area contributed by atoms with Gasteiger partial charge in [-0.15, -0.1) is 0 Å². The van der Waals surface area contributed by atoms with Crippen molar-refractivity contribution in [3.63, 3.8) is 0 Å². The van der Waals surface area contributed by atoms with E-state index < -0.39 is 5.97 Å². The molecule has 1 aliphatic rings. The molecule has 1 saturated heterocycles. The number of piperazine rings is 1. The fourth-order valence-corrected chi connectivity index (χ4v) is 2.93. The summed E-state index contributed by atoms with van der Waals surface area (Å²) in [6.45, 7) is 2.04. The van der Waals surface area contributed by atoms with Crippen LogP contribution in [0.15, 0.2) is 42.6 Å². The van der Waals surface area contributed by atoms with E-state index in [0.29, 0.717) is 43.3 Å². The number of hydrogen-bond acceptors (Lipinski definition) is 5. The summed E-state index contributed by atoms with van der Waals surface area (Å²) in [7, 11) is 1.54. The largest absolute Gasteiger partial charge is 0.496 e. The number of rotatable bonds is 4. The Labute approximate surface area is 145 Å². The minimum Gasteiger partial charge on any atom is -0.496 e. The number of amides is 1. The number of benzene rings is 1. The van der Waals surface area contributed by atoms with E-state index in [1.807, 2.05) is 11.0 Å². The first-order valence-electron chi connectivity index (χ1n) is 7.97. The molecule has 0 atom stereocenters. The molecule has 7 nitrogen and oxygen atoms in total. The van der Waals surface area contributed by atoms with Gasteiger partial charge in [-0.25, -0.2) is 9.78 Å². The van der Waals surface area contributed by atoms with Crippen LogP contribution < -0.4 is 9.64 Å². The van der Waals surface area contributed by atoms with Crippen molar-refractivity contribution in [3.05, 3.63) is 53.7 Å². The summed E-state index contributed by atoms with van der Waals surface area (Å²) >= 11 is 0. The van der Waals surface area contributed by atoms with Gasteiger partial charge in [0.2, 0.25) is 0 Å². The van der Waals surface area contributed by atoms with Gasteiger partial charge in [0.1, 0.15) is 17.1 Å². The molecule has 0 saturated carbocycles. The van der Waals surface area contributed by atoms with Crippen LogP contribution in [0.4, 0.5) is 5.82 Å². The summed E-state index contributed by atoms with van der Waals surface area (Å²) < 4.78 is 5.26. The van der Waals surface area contributed by atoms with Crippen LogP contribution in [-0.2, 0) is 0 Å². The van der Waals surface area contributed by atoms with Gasteiger partial charge in [0, 0.05) is 32.4 Å². The number of pyridine rings is 1. The van der Waals surface area contributed by atoms with E-state index in [0.717, 1.165) is 0 Å². The number of carboxylic acid groups (broad SMARTS) is 1. The van der Waals surface area contributed by atoms with E-state index >= 15 is 0 Å². The molecule has 3 rings (SSSR count). The van der Waals surface area contributed by atoms with Crippen molar-refractivity contribution in [1.82, 2.24) is 9.88 Å². The van der Waals surface area contributed by atoms with Gasteiger partial charge in [-0.05, 0) is 24.3 Å². The quantitative estimate of drug-likeness (QED) is 0.912. The maximum Gasteiger partial charge on any atom is 0.339 e. The molecular formula is C18H19N3O4. The highest BCUT2D eigenvalue weighted by molar-refractivity contribution is 5.97. The fourth-order valence-electron chi connectivity index (χ4n) is 2.93. The van der Waals surface area contributed by atoms with E-state index in [1.54, 1.807) is 42.5 Å². The third kappa shape index (κ3) is 3.40. The number of para-hydroxylation sites is 1. The summed E-state index contributed by atoms with van der Waals surface area (Å²) in [4.78, 5) is 31.9. The third-order valence-electron chi connectivity index (χ3n) is 4.22. The van der Waals surface area contributed by atoms with E-state index in [1.165, 1.54) is 6.07 Å². The zero-order valence-corrected chi connectivity index (χ0v) is 13.9. The highest BCUT2D eigenvalue weighted by Crippen LogP contribution is 2.22. The molecule has 1 amide bonds. The normalized spacial score (nSPS) is 14.3. The summed E-state index contributed by atoms with van der Waals surface area (Å²) in [5.41, 5.74) is 0.703. The summed E-state index contributed by atoms with van der Waals surface area (Å²) in [6, 6.07) is 10.3. The molecule has 1 N–H and O–H groups in total. The number of aromatic nitrogens is 1. The fraction of sp³-hybridized carbons (Fsp3) is 0.278. The van der Waals surface area contributed by atoms with Crippen LogP contribution in [-0.4, -0.2) is 60.2 Å². The van der Waals surface area contributed by atoms with Crippen molar-refractivity contribution >= 4 is 17.7 Å². The first kappa shape index (κ1) is 16.8. The zero-order chi connectivity index (χ0) is 17.8. The van der Waals surface area contributed by atoms with E-state index in [-0.39, 0.29) is 11.5 Å².